The largest absolute Gasteiger partial charge is 0.338 e. The summed E-state index contributed by atoms with van der Waals surface area (Å²) in [5.41, 5.74) is 0.652. The summed E-state index contributed by atoms with van der Waals surface area (Å²) in [6, 6.07) is 1.82. The topological polar surface area (TPSA) is 33.2 Å². The van der Waals surface area contributed by atoms with Crippen molar-refractivity contribution in [1.29, 1.82) is 0 Å². The number of hydrogen-bond acceptors (Lipinski definition) is 2. The molecule has 1 aliphatic rings. The number of pyridine rings is 1. The number of carbonyl (C=O) groups is 1. The molecule has 0 spiro atoms. The highest BCUT2D eigenvalue weighted by Crippen LogP contribution is 2.24. The molecule has 0 N–H and O–H groups in total. The van der Waals surface area contributed by atoms with Crippen LogP contribution in [-0.4, -0.2) is 33.7 Å². The zero-order chi connectivity index (χ0) is 12.4. The Hall–Kier alpha value is -0.420. The molecule has 0 aromatic carbocycles. The maximum absolute atomic E-state index is 12.3. The van der Waals surface area contributed by atoms with Crippen LogP contribution in [0.3, 0.4) is 0 Å². The van der Waals surface area contributed by atoms with Gasteiger partial charge in [-0.3, -0.25) is 9.78 Å². The van der Waals surface area contributed by atoms with Gasteiger partial charge in [-0.25, -0.2) is 0 Å². The zero-order valence-corrected chi connectivity index (χ0v) is 12.7. The van der Waals surface area contributed by atoms with Crippen molar-refractivity contribution in [1.82, 2.24) is 9.88 Å². The quantitative estimate of drug-likeness (QED) is 0.720. The van der Waals surface area contributed by atoms with Crippen LogP contribution in [0.25, 0.3) is 0 Å². The van der Waals surface area contributed by atoms with Crippen molar-refractivity contribution in [3.05, 3.63) is 28.5 Å². The summed E-state index contributed by atoms with van der Waals surface area (Å²) in [4.78, 5) is 18.7. The lowest BCUT2D eigenvalue weighted by molar-refractivity contribution is 0.0690. The van der Waals surface area contributed by atoms with E-state index in [9.17, 15) is 4.79 Å². The summed E-state index contributed by atoms with van der Waals surface area (Å²) in [6.07, 6.45) is 4.32. The van der Waals surface area contributed by atoms with Gasteiger partial charge in [0.1, 0.15) is 0 Å². The molecule has 0 saturated carbocycles. The number of likely N-dealkylation sites (tertiary alicyclic amines) is 1. The van der Waals surface area contributed by atoms with Gasteiger partial charge in [0.25, 0.3) is 5.91 Å². The third-order valence-corrected chi connectivity index (χ3v) is 4.83. The molecular formula is C12H14Br2N2O. The van der Waals surface area contributed by atoms with E-state index in [4.69, 9.17) is 0 Å². The van der Waals surface area contributed by atoms with Gasteiger partial charge in [0.2, 0.25) is 0 Å². The summed E-state index contributed by atoms with van der Waals surface area (Å²) in [7, 11) is 0. The molecule has 0 radical (unpaired) electrons. The predicted octanol–water partition coefficient (Wildman–Crippen LogP) is 3.09. The van der Waals surface area contributed by atoms with E-state index in [1.807, 2.05) is 11.0 Å². The van der Waals surface area contributed by atoms with Crippen molar-refractivity contribution in [2.75, 3.05) is 13.1 Å². The normalized spacial score (nSPS) is 24.8. The monoisotopic (exact) mass is 360 g/mol. The summed E-state index contributed by atoms with van der Waals surface area (Å²) in [5, 5.41) is 0. The van der Waals surface area contributed by atoms with Crippen LogP contribution in [0, 0.1) is 5.92 Å². The van der Waals surface area contributed by atoms with Gasteiger partial charge in [0.05, 0.1) is 5.56 Å². The fraction of sp³-hybridized carbons (Fsp3) is 0.500. The molecule has 17 heavy (non-hydrogen) atoms. The molecule has 1 aliphatic heterocycles. The van der Waals surface area contributed by atoms with E-state index in [0.29, 0.717) is 16.3 Å². The number of amides is 1. The Morgan fingerprint density at radius 3 is 2.94 bits per heavy atom. The minimum atomic E-state index is 0.0741. The number of nitrogens with zero attached hydrogens (tertiary/aromatic N) is 2. The van der Waals surface area contributed by atoms with Gasteiger partial charge in [-0.05, 0) is 34.3 Å². The number of hydrogen-bond donors (Lipinski definition) is 0. The minimum absolute atomic E-state index is 0.0741. The number of carbonyl (C=O) groups excluding carboxylic acids is 1. The zero-order valence-electron chi connectivity index (χ0n) is 9.57. The van der Waals surface area contributed by atoms with Gasteiger partial charge in [0, 0.05) is 34.8 Å². The van der Waals surface area contributed by atoms with E-state index in [2.05, 4.69) is 43.8 Å². The van der Waals surface area contributed by atoms with Crippen LogP contribution in [0.4, 0.5) is 0 Å². The van der Waals surface area contributed by atoms with E-state index >= 15 is 0 Å². The molecule has 92 valence electrons. The fourth-order valence-electron chi connectivity index (χ4n) is 2.01. The van der Waals surface area contributed by atoms with Crippen LogP contribution in [-0.2, 0) is 0 Å². The molecule has 2 atom stereocenters. The van der Waals surface area contributed by atoms with E-state index in [0.717, 1.165) is 24.0 Å². The van der Waals surface area contributed by atoms with Crippen LogP contribution >= 0.6 is 31.9 Å². The molecule has 1 aromatic heterocycles. The maximum Gasteiger partial charge on any atom is 0.255 e. The van der Waals surface area contributed by atoms with Crippen molar-refractivity contribution >= 4 is 37.8 Å². The Labute approximate surface area is 118 Å². The van der Waals surface area contributed by atoms with E-state index in [1.165, 1.54) is 0 Å². The SMILES string of the molecule is CC1CN(C(=O)c2cncc(Br)c2)CCC1Br. The van der Waals surface area contributed by atoms with Crippen molar-refractivity contribution in [2.45, 2.75) is 18.2 Å². The Balaban J connectivity index is 2.10. The molecule has 2 unspecified atom stereocenters. The number of alkyl halides is 1. The van der Waals surface area contributed by atoms with Crippen molar-refractivity contribution < 1.29 is 4.79 Å². The molecule has 1 saturated heterocycles. The summed E-state index contributed by atoms with van der Waals surface area (Å²) in [5.74, 6) is 0.567. The molecular weight excluding hydrogens is 348 g/mol. The third-order valence-electron chi connectivity index (χ3n) is 3.04. The molecule has 0 aliphatic carbocycles. The summed E-state index contributed by atoms with van der Waals surface area (Å²) >= 11 is 6.98. The highest BCUT2D eigenvalue weighted by atomic mass is 79.9. The lowest BCUT2D eigenvalue weighted by atomic mass is 9.99. The second-order valence-electron chi connectivity index (χ2n) is 4.42. The van der Waals surface area contributed by atoms with Crippen LogP contribution in [0.15, 0.2) is 22.9 Å². The molecule has 0 bridgehead atoms. The smallest absolute Gasteiger partial charge is 0.255 e. The van der Waals surface area contributed by atoms with Gasteiger partial charge in [0.15, 0.2) is 0 Å². The average molecular weight is 362 g/mol. The lowest BCUT2D eigenvalue weighted by Gasteiger charge is -2.34. The van der Waals surface area contributed by atoms with Crippen LogP contribution < -0.4 is 0 Å². The van der Waals surface area contributed by atoms with Crippen molar-refractivity contribution in [2.24, 2.45) is 5.92 Å². The molecule has 2 heterocycles. The van der Waals surface area contributed by atoms with Gasteiger partial charge in [-0.2, -0.15) is 0 Å². The first-order chi connectivity index (χ1) is 8.08. The molecule has 5 heteroatoms. The van der Waals surface area contributed by atoms with E-state index < -0.39 is 0 Å². The lowest BCUT2D eigenvalue weighted by Crippen LogP contribution is -2.43. The van der Waals surface area contributed by atoms with E-state index in [1.54, 1.807) is 12.4 Å². The Kier molecular flexibility index (Phi) is 4.20. The van der Waals surface area contributed by atoms with Crippen LogP contribution in [0.5, 0.6) is 0 Å². The molecule has 1 amide bonds. The Bertz CT molecular complexity index is 425. The summed E-state index contributed by atoms with van der Waals surface area (Å²) in [6.45, 7) is 3.78. The standard InChI is InChI=1S/C12H14Br2N2O/c1-8-7-16(3-2-11(8)14)12(17)9-4-10(13)6-15-5-9/h4-6,8,11H,2-3,7H2,1H3. The second kappa shape index (κ2) is 5.48. The van der Waals surface area contributed by atoms with Crippen LogP contribution in [0.2, 0.25) is 0 Å². The summed E-state index contributed by atoms with van der Waals surface area (Å²) < 4.78 is 0.840. The van der Waals surface area contributed by atoms with Gasteiger partial charge in [-0.15, -0.1) is 0 Å². The predicted molar refractivity (Wildman–Crippen MR) is 74.3 cm³/mol. The van der Waals surface area contributed by atoms with Crippen molar-refractivity contribution in [3.63, 3.8) is 0 Å². The number of aromatic nitrogens is 1. The Morgan fingerprint density at radius 1 is 1.53 bits per heavy atom. The van der Waals surface area contributed by atoms with E-state index in [-0.39, 0.29) is 5.91 Å². The highest BCUT2D eigenvalue weighted by Gasteiger charge is 2.27. The van der Waals surface area contributed by atoms with Gasteiger partial charge >= 0.3 is 0 Å². The van der Waals surface area contributed by atoms with Crippen LogP contribution in [0.1, 0.15) is 23.7 Å². The molecule has 1 fully saturated rings. The first-order valence-electron chi connectivity index (χ1n) is 5.62. The molecule has 2 rings (SSSR count). The van der Waals surface area contributed by atoms with Gasteiger partial charge < -0.3 is 4.90 Å². The Morgan fingerprint density at radius 2 is 2.29 bits per heavy atom. The van der Waals surface area contributed by atoms with Gasteiger partial charge in [-0.1, -0.05) is 22.9 Å². The first-order valence-corrected chi connectivity index (χ1v) is 7.32. The van der Waals surface area contributed by atoms with Crippen molar-refractivity contribution in [3.8, 4) is 0 Å². The average Bonchev–Trinajstić information content (AvgIpc) is 2.32. The first kappa shape index (κ1) is 13.0. The molecule has 1 aromatic rings. The highest BCUT2D eigenvalue weighted by molar-refractivity contribution is 9.10. The second-order valence-corrected chi connectivity index (χ2v) is 6.52. The fourth-order valence-corrected chi connectivity index (χ4v) is 2.75. The number of rotatable bonds is 1. The third kappa shape index (κ3) is 3.07. The molecule has 3 nitrogen and oxygen atoms in total. The number of piperidine rings is 1. The number of halogens is 2. The maximum atomic E-state index is 12.3. The minimum Gasteiger partial charge on any atom is -0.338 e.